The van der Waals surface area contributed by atoms with Crippen LogP contribution >= 0.6 is 11.6 Å². The number of halogens is 1. The second-order valence-corrected chi connectivity index (χ2v) is 5.81. The minimum absolute atomic E-state index is 0.0277. The number of ether oxygens (including phenoxy) is 1. The molecule has 0 aromatic heterocycles. The van der Waals surface area contributed by atoms with E-state index in [1.807, 2.05) is 36.4 Å². The van der Waals surface area contributed by atoms with Gasteiger partial charge in [0.15, 0.2) is 0 Å². The summed E-state index contributed by atoms with van der Waals surface area (Å²) in [4.78, 5) is 0. The molecule has 1 unspecified atom stereocenters. The van der Waals surface area contributed by atoms with Crippen LogP contribution in [0.2, 0.25) is 5.02 Å². The lowest BCUT2D eigenvalue weighted by molar-refractivity contribution is 0.303. The quantitative estimate of drug-likeness (QED) is 0.633. The number of nitrogens with two attached hydrogens (primary N) is 1. The fourth-order valence-corrected chi connectivity index (χ4v) is 2.53. The molecule has 1 saturated carbocycles. The maximum atomic E-state index is 6.21. The van der Waals surface area contributed by atoms with Crippen molar-refractivity contribution in [3.63, 3.8) is 0 Å². The Morgan fingerprint density at radius 1 is 1.14 bits per heavy atom. The molecule has 0 spiro atoms. The number of rotatable bonds is 6. The first-order chi connectivity index (χ1) is 10.3. The highest BCUT2D eigenvalue weighted by Gasteiger charge is 2.23. The van der Waals surface area contributed by atoms with Gasteiger partial charge in [-0.15, -0.1) is 0 Å². The number of benzene rings is 2. The third-order valence-corrected chi connectivity index (χ3v) is 4.06. The summed E-state index contributed by atoms with van der Waals surface area (Å²) in [6.45, 7) is 0. The van der Waals surface area contributed by atoms with Crippen LogP contribution in [0, 0.1) is 0 Å². The molecule has 0 bridgehead atoms. The lowest BCUT2D eigenvalue weighted by Crippen LogP contribution is -2.29. The van der Waals surface area contributed by atoms with E-state index >= 15 is 0 Å². The van der Waals surface area contributed by atoms with Crippen LogP contribution in [-0.2, 0) is 6.42 Å². The fraction of sp³-hybridized carbons (Fsp3) is 0.294. The van der Waals surface area contributed by atoms with E-state index in [0.29, 0.717) is 6.10 Å². The van der Waals surface area contributed by atoms with Gasteiger partial charge in [0, 0.05) is 5.02 Å². The summed E-state index contributed by atoms with van der Waals surface area (Å²) in [6, 6.07) is 16.0. The summed E-state index contributed by atoms with van der Waals surface area (Å²) in [7, 11) is 0. The summed E-state index contributed by atoms with van der Waals surface area (Å²) in [6.07, 6.45) is 3.50. The summed E-state index contributed by atoms with van der Waals surface area (Å²) in [5.74, 6) is 6.63. The van der Waals surface area contributed by atoms with Crippen LogP contribution in [0.4, 0.5) is 0 Å². The zero-order chi connectivity index (χ0) is 14.7. The van der Waals surface area contributed by atoms with Crippen LogP contribution in [0.25, 0.3) is 0 Å². The first-order valence-electron chi connectivity index (χ1n) is 7.22. The van der Waals surface area contributed by atoms with Crippen molar-refractivity contribution in [1.82, 2.24) is 5.43 Å². The van der Waals surface area contributed by atoms with E-state index in [4.69, 9.17) is 22.2 Å². The highest BCUT2D eigenvalue weighted by Crippen LogP contribution is 2.28. The normalized spacial score (nSPS) is 15.7. The first kappa shape index (κ1) is 14.4. The minimum Gasteiger partial charge on any atom is -0.490 e. The largest absolute Gasteiger partial charge is 0.490 e. The van der Waals surface area contributed by atoms with Crippen LogP contribution in [0.15, 0.2) is 48.5 Å². The molecule has 21 heavy (non-hydrogen) atoms. The van der Waals surface area contributed by atoms with Gasteiger partial charge in [-0.25, -0.2) is 0 Å². The fourth-order valence-electron chi connectivity index (χ4n) is 2.31. The van der Waals surface area contributed by atoms with E-state index in [-0.39, 0.29) is 6.04 Å². The van der Waals surface area contributed by atoms with Crippen LogP contribution in [0.1, 0.15) is 30.0 Å². The Hall–Kier alpha value is -1.55. The van der Waals surface area contributed by atoms with E-state index in [0.717, 1.165) is 28.3 Å². The van der Waals surface area contributed by atoms with E-state index in [1.165, 1.54) is 12.8 Å². The molecule has 3 nitrogen and oxygen atoms in total. The molecule has 2 aromatic carbocycles. The molecule has 110 valence electrons. The summed E-state index contributed by atoms with van der Waals surface area (Å²) >= 11 is 6.21. The van der Waals surface area contributed by atoms with E-state index in [9.17, 15) is 0 Å². The zero-order valence-corrected chi connectivity index (χ0v) is 12.5. The smallest absolute Gasteiger partial charge is 0.119 e. The van der Waals surface area contributed by atoms with Gasteiger partial charge in [-0.3, -0.25) is 11.3 Å². The molecule has 3 N–H and O–H groups in total. The van der Waals surface area contributed by atoms with Crippen molar-refractivity contribution in [3.8, 4) is 5.75 Å². The van der Waals surface area contributed by atoms with Crippen molar-refractivity contribution in [2.75, 3.05) is 0 Å². The monoisotopic (exact) mass is 302 g/mol. The highest BCUT2D eigenvalue weighted by molar-refractivity contribution is 6.31. The Morgan fingerprint density at radius 3 is 2.48 bits per heavy atom. The van der Waals surface area contributed by atoms with Crippen LogP contribution in [-0.4, -0.2) is 6.10 Å². The summed E-state index contributed by atoms with van der Waals surface area (Å²) in [5, 5.41) is 0.770. The van der Waals surface area contributed by atoms with Crippen molar-refractivity contribution >= 4 is 11.6 Å². The lowest BCUT2D eigenvalue weighted by Gasteiger charge is -2.17. The molecule has 1 aliphatic rings. The second kappa shape index (κ2) is 6.48. The van der Waals surface area contributed by atoms with Crippen molar-refractivity contribution in [1.29, 1.82) is 0 Å². The number of hydrazine groups is 1. The van der Waals surface area contributed by atoms with Crippen molar-refractivity contribution in [2.45, 2.75) is 31.4 Å². The maximum Gasteiger partial charge on any atom is 0.119 e. The van der Waals surface area contributed by atoms with Crippen LogP contribution in [0.3, 0.4) is 0 Å². The van der Waals surface area contributed by atoms with Crippen LogP contribution < -0.4 is 16.0 Å². The first-order valence-corrected chi connectivity index (χ1v) is 7.60. The van der Waals surface area contributed by atoms with Crippen molar-refractivity contribution < 1.29 is 4.74 Å². The lowest BCUT2D eigenvalue weighted by atomic mass is 9.99. The molecular formula is C17H19ClN2O. The minimum atomic E-state index is 0.0277. The third kappa shape index (κ3) is 3.76. The van der Waals surface area contributed by atoms with Crippen molar-refractivity contribution in [3.05, 3.63) is 64.7 Å². The molecule has 0 radical (unpaired) electrons. The van der Waals surface area contributed by atoms with Gasteiger partial charge in [0.25, 0.3) is 0 Å². The van der Waals surface area contributed by atoms with Gasteiger partial charge in [-0.05, 0) is 48.6 Å². The maximum absolute atomic E-state index is 6.21. The topological polar surface area (TPSA) is 47.3 Å². The summed E-state index contributed by atoms with van der Waals surface area (Å²) in [5.41, 5.74) is 5.08. The molecule has 0 aliphatic heterocycles. The number of hydrogen-bond donors (Lipinski definition) is 2. The second-order valence-electron chi connectivity index (χ2n) is 5.40. The number of nitrogens with one attached hydrogen (secondary N) is 1. The van der Waals surface area contributed by atoms with Crippen molar-refractivity contribution in [2.24, 2.45) is 5.84 Å². The SMILES string of the molecule is NNC(Cc1ccccc1Cl)c1ccc(OC2CC2)cc1. The Morgan fingerprint density at radius 2 is 1.86 bits per heavy atom. The predicted octanol–water partition coefficient (Wildman–Crippen LogP) is 3.63. The van der Waals surface area contributed by atoms with Gasteiger partial charge in [0.1, 0.15) is 5.75 Å². The van der Waals surface area contributed by atoms with E-state index < -0.39 is 0 Å². The van der Waals surface area contributed by atoms with Gasteiger partial charge in [-0.1, -0.05) is 41.9 Å². The molecule has 0 saturated heterocycles. The third-order valence-electron chi connectivity index (χ3n) is 3.69. The Labute approximate surface area is 130 Å². The zero-order valence-electron chi connectivity index (χ0n) is 11.8. The van der Waals surface area contributed by atoms with Gasteiger partial charge < -0.3 is 4.74 Å². The molecular weight excluding hydrogens is 284 g/mol. The van der Waals surface area contributed by atoms with Gasteiger partial charge in [0.2, 0.25) is 0 Å². The molecule has 1 aliphatic carbocycles. The molecule has 4 heteroatoms. The molecule has 0 amide bonds. The van der Waals surface area contributed by atoms with Gasteiger partial charge in [-0.2, -0.15) is 0 Å². The average molecular weight is 303 g/mol. The highest BCUT2D eigenvalue weighted by atomic mass is 35.5. The Bertz CT molecular complexity index is 596. The molecule has 1 fully saturated rings. The molecule has 1 atom stereocenters. The molecule has 2 aromatic rings. The van der Waals surface area contributed by atoms with E-state index in [2.05, 4.69) is 17.6 Å². The van der Waals surface area contributed by atoms with Gasteiger partial charge in [0.05, 0.1) is 12.1 Å². The average Bonchev–Trinajstić information content (AvgIpc) is 3.31. The molecule has 3 rings (SSSR count). The van der Waals surface area contributed by atoms with Crippen LogP contribution in [0.5, 0.6) is 5.75 Å². The Balaban J connectivity index is 1.71. The van der Waals surface area contributed by atoms with E-state index in [1.54, 1.807) is 0 Å². The number of hydrogen-bond acceptors (Lipinski definition) is 3. The predicted molar refractivity (Wildman–Crippen MR) is 85.3 cm³/mol. The Kier molecular flexibility index (Phi) is 4.44. The summed E-state index contributed by atoms with van der Waals surface area (Å²) < 4.78 is 5.76. The molecule has 0 heterocycles. The standard InChI is InChI=1S/C17H19ClN2O/c18-16-4-2-1-3-13(16)11-17(20-19)12-5-7-14(8-6-12)21-15-9-10-15/h1-8,15,17,20H,9-11,19H2. The van der Waals surface area contributed by atoms with Gasteiger partial charge >= 0.3 is 0 Å².